The van der Waals surface area contributed by atoms with Crippen LogP contribution in [0.3, 0.4) is 0 Å². The molecular weight excluding hydrogens is 354 g/mol. The highest BCUT2D eigenvalue weighted by molar-refractivity contribution is 5.88. The Morgan fingerprint density at radius 3 is 2.11 bits per heavy atom. The van der Waals surface area contributed by atoms with Gasteiger partial charge in [0.05, 0.1) is 0 Å². The second kappa shape index (κ2) is 18.0. The van der Waals surface area contributed by atoms with E-state index in [1.54, 1.807) is 0 Å². The molecule has 0 rings (SSSR count). The highest BCUT2D eigenvalue weighted by Gasteiger charge is 2.13. The fourth-order valence-electron chi connectivity index (χ4n) is 2.38. The summed E-state index contributed by atoms with van der Waals surface area (Å²) in [5.41, 5.74) is 5.22. The predicted octanol–water partition coefficient (Wildman–Crippen LogP) is 4.47. The van der Waals surface area contributed by atoms with Crippen LogP contribution in [0.15, 0.2) is 36.5 Å². The van der Waals surface area contributed by atoms with Gasteiger partial charge in [0.2, 0.25) is 0 Å². The standard InChI is InChI=1S/C22H37N3O3/c1-3-4-5-6-7-8-9-10-11-12-13-14-15-16-17-18-20(26)28-21(27)19-25(2)22(23)24/h4-5,7-8,10-11H,3,6,9,12-19H2,1-2H3,(H3,23,24)/b5-4+,8-7+,11-10+. The Labute approximate surface area is 170 Å². The molecule has 158 valence electrons. The number of carbonyl (C=O) groups excluding carboxylic acids is 2. The Hall–Kier alpha value is -2.37. The molecule has 6 nitrogen and oxygen atoms in total. The average molecular weight is 392 g/mol. The SMILES string of the molecule is CC/C=C/C/C=C/C/C=C/CCCCCCCC(=O)OC(=O)CN(C)C(=N)N. The normalized spacial score (nSPS) is 11.5. The van der Waals surface area contributed by atoms with Crippen molar-refractivity contribution < 1.29 is 14.3 Å². The predicted molar refractivity (Wildman–Crippen MR) is 115 cm³/mol. The van der Waals surface area contributed by atoms with Crippen molar-refractivity contribution in [2.75, 3.05) is 13.6 Å². The average Bonchev–Trinajstić information content (AvgIpc) is 2.64. The van der Waals surface area contributed by atoms with Gasteiger partial charge in [-0.1, -0.05) is 62.6 Å². The summed E-state index contributed by atoms with van der Waals surface area (Å²) in [5.74, 6) is -1.43. The zero-order chi connectivity index (χ0) is 21.0. The third-order valence-electron chi connectivity index (χ3n) is 4.04. The lowest BCUT2D eigenvalue weighted by Gasteiger charge is -2.14. The summed E-state index contributed by atoms with van der Waals surface area (Å²) >= 11 is 0. The minimum absolute atomic E-state index is 0.194. The first-order valence-corrected chi connectivity index (χ1v) is 10.2. The summed E-state index contributed by atoms with van der Waals surface area (Å²) in [6.07, 6.45) is 22.7. The van der Waals surface area contributed by atoms with Gasteiger partial charge in [0.1, 0.15) is 6.54 Å². The van der Waals surface area contributed by atoms with Crippen molar-refractivity contribution in [3.63, 3.8) is 0 Å². The van der Waals surface area contributed by atoms with Crippen LogP contribution in [0.4, 0.5) is 0 Å². The van der Waals surface area contributed by atoms with Crippen molar-refractivity contribution >= 4 is 17.9 Å². The molecule has 0 aromatic rings. The summed E-state index contributed by atoms with van der Waals surface area (Å²) < 4.78 is 4.70. The number of unbranched alkanes of at least 4 members (excludes halogenated alkanes) is 5. The first-order valence-electron chi connectivity index (χ1n) is 10.2. The molecule has 0 aliphatic rings. The number of esters is 2. The molecule has 0 saturated heterocycles. The van der Waals surface area contributed by atoms with E-state index in [1.807, 2.05) is 0 Å². The molecule has 0 aromatic heterocycles. The number of allylic oxidation sites excluding steroid dienone is 6. The molecule has 0 bridgehead atoms. The maximum atomic E-state index is 11.6. The highest BCUT2D eigenvalue weighted by atomic mass is 16.6. The van der Waals surface area contributed by atoms with Crippen molar-refractivity contribution in [3.05, 3.63) is 36.5 Å². The van der Waals surface area contributed by atoms with Crippen molar-refractivity contribution in [2.24, 2.45) is 5.73 Å². The number of likely N-dealkylation sites (N-methyl/N-ethyl adjacent to an activating group) is 1. The number of hydrogen-bond acceptors (Lipinski definition) is 4. The van der Waals surface area contributed by atoms with Crippen molar-refractivity contribution in [1.82, 2.24) is 4.90 Å². The van der Waals surface area contributed by atoms with Crippen LogP contribution in [0.25, 0.3) is 0 Å². The molecule has 0 heterocycles. The maximum absolute atomic E-state index is 11.6. The minimum Gasteiger partial charge on any atom is -0.392 e. The number of nitrogens with one attached hydrogen (secondary N) is 1. The minimum atomic E-state index is -0.679. The van der Waals surface area contributed by atoms with E-state index in [0.29, 0.717) is 0 Å². The smallest absolute Gasteiger partial charge is 0.333 e. The summed E-state index contributed by atoms with van der Waals surface area (Å²) in [5, 5.41) is 7.15. The van der Waals surface area contributed by atoms with E-state index in [9.17, 15) is 9.59 Å². The molecule has 0 atom stereocenters. The first kappa shape index (κ1) is 25.6. The molecule has 0 fully saturated rings. The molecule has 0 aliphatic carbocycles. The largest absolute Gasteiger partial charge is 0.392 e. The monoisotopic (exact) mass is 391 g/mol. The fourth-order valence-corrected chi connectivity index (χ4v) is 2.38. The van der Waals surface area contributed by atoms with E-state index < -0.39 is 11.9 Å². The Bertz CT molecular complexity index is 539. The third-order valence-corrected chi connectivity index (χ3v) is 4.04. The van der Waals surface area contributed by atoms with E-state index in [2.05, 4.69) is 43.4 Å². The highest BCUT2D eigenvalue weighted by Crippen LogP contribution is 2.08. The first-order chi connectivity index (χ1) is 13.5. The molecule has 0 unspecified atom stereocenters. The molecule has 0 aliphatic heterocycles. The lowest BCUT2D eigenvalue weighted by atomic mass is 10.1. The second-order valence-corrected chi connectivity index (χ2v) is 6.69. The Morgan fingerprint density at radius 2 is 1.46 bits per heavy atom. The summed E-state index contributed by atoms with van der Waals surface area (Å²) in [7, 11) is 1.49. The van der Waals surface area contributed by atoms with Crippen LogP contribution >= 0.6 is 0 Å². The van der Waals surface area contributed by atoms with Gasteiger partial charge in [-0.25, -0.2) is 4.79 Å². The number of ether oxygens (including phenoxy) is 1. The maximum Gasteiger partial charge on any atom is 0.333 e. The zero-order valence-corrected chi connectivity index (χ0v) is 17.5. The molecule has 0 spiro atoms. The number of nitrogens with two attached hydrogens (primary N) is 1. The van der Waals surface area contributed by atoms with Crippen LogP contribution in [0.5, 0.6) is 0 Å². The lowest BCUT2D eigenvalue weighted by molar-refractivity contribution is -0.159. The molecule has 0 aromatic carbocycles. The van der Waals surface area contributed by atoms with Crippen molar-refractivity contribution in [3.8, 4) is 0 Å². The van der Waals surface area contributed by atoms with Crippen LogP contribution in [0.1, 0.15) is 71.1 Å². The van der Waals surface area contributed by atoms with Gasteiger partial charge >= 0.3 is 11.9 Å². The third kappa shape index (κ3) is 17.1. The lowest BCUT2D eigenvalue weighted by Crippen LogP contribution is -2.37. The van der Waals surface area contributed by atoms with Gasteiger partial charge in [-0.2, -0.15) is 0 Å². The van der Waals surface area contributed by atoms with Gasteiger partial charge in [-0.05, 0) is 38.5 Å². The number of guanidine groups is 1. The van der Waals surface area contributed by atoms with Gasteiger partial charge in [0.25, 0.3) is 0 Å². The quantitative estimate of drug-likeness (QED) is 0.107. The van der Waals surface area contributed by atoms with Crippen LogP contribution in [-0.4, -0.2) is 36.4 Å². The Morgan fingerprint density at radius 1 is 0.893 bits per heavy atom. The molecular formula is C22H37N3O3. The fraction of sp³-hybridized carbons (Fsp3) is 0.591. The van der Waals surface area contributed by atoms with Gasteiger partial charge in [-0.15, -0.1) is 0 Å². The van der Waals surface area contributed by atoms with E-state index in [-0.39, 0.29) is 18.9 Å². The van der Waals surface area contributed by atoms with E-state index in [0.717, 1.165) is 57.8 Å². The molecule has 0 amide bonds. The van der Waals surface area contributed by atoms with Crippen LogP contribution in [0, 0.1) is 5.41 Å². The molecule has 3 N–H and O–H groups in total. The van der Waals surface area contributed by atoms with Crippen LogP contribution in [-0.2, 0) is 14.3 Å². The number of nitrogens with zero attached hydrogens (tertiary/aromatic N) is 1. The summed E-state index contributed by atoms with van der Waals surface area (Å²) in [4.78, 5) is 24.3. The molecule has 0 saturated carbocycles. The number of hydrogen-bond donors (Lipinski definition) is 2. The molecule has 28 heavy (non-hydrogen) atoms. The van der Waals surface area contributed by atoms with E-state index >= 15 is 0 Å². The Kier molecular flexibility index (Phi) is 16.5. The number of rotatable bonds is 15. The zero-order valence-electron chi connectivity index (χ0n) is 17.5. The van der Waals surface area contributed by atoms with Gasteiger partial charge < -0.3 is 15.4 Å². The topological polar surface area (TPSA) is 96.5 Å². The van der Waals surface area contributed by atoms with Crippen LogP contribution < -0.4 is 5.73 Å². The van der Waals surface area contributed by atoms with E-state index in [4.69, 9.17) is 15.9 Å². The van der Waals surface area contributed by atoms with E-state index in [1.165, 1.54) is 11.9 Å². The van der Waals surface area contributed by atoms with Gasteiger partial charge in [0.15, 0.2) is 5.96 Å². The summed E-state index contributed by atoms with van der Waals surface area (Å²) in [6.45, 7) is 1.94. The summed E-state index contributed by atoms with van der Waals surface area (Å²) in [6, 6.07) is 0. The number of carbonyl (C=O) groups is 2. The molecule has 6 heteroatoms. The van der Waals surface area contributed by atoms with Gasteiger partial charge in [-0.3, -0.25) is 10.2 Å². The molecule has 0 radical (unpaired) electrons. The van der Waals surface area contributed by atoms with Crippen molar-refractivity contribution in [2.45, 2.75) is 71.1 Å². The van der Waals surface area contributed by atoms with Crippen molar-refractivity contribution in [1.29, 1.82) is 5.41 Å². The Balaban J connectivity index is 3.52. The van der Waals surface area contributed by atoms with Crippen LogP contribution in [0.2, 0.25) is 0 Å². The van der Waals surface area contributed by atoms with Gasteiger partial charge in [0, 0.05) is 13.5 Å². The second-order valence-electron chi connectivity index (χ2n) is 6.69.